The van der Waals surface area contributed by atoms with Crippen LogP contribution in [-0.2, 0) is 6.42 Å². The number of hydrogen-bond acceptors (Lipinski definition) is 7. The maximum absolute atomic E-state index is 14.1. The minimum Gasteiger partial charge on any atom is -0.493 e. The van der Waals surface area contributed by atoms with E-state index >= 15 is 0 Å². The molecule has 3 heterocycles. The van der Waals surface area contributed by atoms with E-state index in [4.69, 9.17) is 30.5 Å². The van der Waals surface area contributed by atoms with Crippen molar-refractivity contribution in [2.45, 2.75) is 18.9 Å². The summed E-state index contributed by atoms with van der Waals surface area (Å²) in [5.41, 5.74) is 5.52. The number of fused-ring (bicyclic) bond motifs is 3. The van der Waals surface area contributed by atoms with E-state index in [1.165, 1.54) is 35.1 Å². The Labute approximate surface area is 260 Å². The Morgan fingerprint density at radius 3 is 2.64 bits per heavy atom. The molecule has 0 bridgehead atoms. The van der Waals surface area contributed by atoms with Gasteiger partial charge in [-0.3, -0.25) is 9.36 Å². The molecule has 0 radical (unpaired) electrons. The second-order valence-electron chi connectivity index (χ2n) is 10.4. The number of methoxy groups -OCH3 is 2. The normalized spacial score (nSPS) is 15.7. The molecular formula is C34H25ClN2O6S. The van der Waals surface area contributed by atoms with E-state index < -0.39 is 5.97 Å². The maximum atomic E-state index is 14.1. The number of ether oxygens (including phenoxy) is 2. The highest BCUT2D eigenvalue weighted by molar-refractivity contribution is 7.07. The Balaban J connectivity index is 1.39. The molecule has 0 saturated heterocycles. The van der Waals surface area contributed by atoms with E-state index in [0.29, 0.717) is 42.9 Å². The highest BCUT2D eigenvalue weighted by atomic mass is 35.5. The average Bonchev–Trinajstić information content (AvgIpc) is 3.63. The molecule has 2 aromatic heterocycles. The van der Waals surface area contributed by atoms with Crippen molar-refractivity contribution in [3.05, 3.63) is 131 Å². The van der Waals surface area contributed by atoms with Gasteiger partial charge in [-0.2, -0.15) is 0 Å². The molecule has 2 aliphatic rings. The number of carboxylic acids is 1. The predicted molar refractivity (Wildman–Crippen MR) is 168 cm³/mol. The zero-order valence-electron chi connectivity index (χ0n) is 23.7. The first-order chi connectivity index (χ1) is 21.4. The number of benzene rings is 3. The fourth-order valence-electron chi connectivity index (χ4n) is 5.90. The summed E-state index contributed by atoms with van der Waals surface area (Å²) in [6.45, 7) is 0. The van der Waals surface area contributed by atoms with Crippen LogP contribution in [0.15, 0.2) is 92.6 Å². The third-order valence-corrected chi connectivity index (χ3v) is 9.29. The molecule has 7 rings (SSSR count). The molecule has 3 aromatic carbocycles. The minimum absolute atomic E-state index is 0.0939. The Bertz CT molecular complexity index is 2190. The highest BCUT2D eigenvalue weighted by Crippen LogP contribution is 2.43. The SMILES string of the molecule is COc1ccc([C@@H]2C3=C(N=c4s/c(=C\c5ccc(-c6cc(C(=O)O)ccc6Cl)o5)c(=O)n42)c2ccccc2CC3)cc1OC. The Kier molecular flexibility index (Phi) is 6.99. The molecular weight excluding hydrogens is 600 g/mol. The largest absolute Gasteiger partial charge is 0.493 e. The molecule has 0 fully saturated rings. The first-order valence-electron chi connectivity index (χ1n) is 13.8. The second-order valence-corrected chi connectivity index (χ2v) is 11.8. The smallest absolute Gasteiger partial charge is 0.335 e. The molecule has 1 N–H and O–H groups in total. The van der Waals surface area contributed by atoms with Crippen molar-refractivity contribution in [2.24, 2.45) is 4.99 Å². The van der Waals surface area contributed by atoms with E-state index in [0.717, 1.165) is 35.2 Å². The number of thiazole rings is 1. The lowest BCUT2D eigenvalue weighted by molar-refractivity contribution is 0.0697. The van der Waals surface area contributed by atoms with Crippen molar-refractivity contribution in [1.82, 2.24) is 4.57 Å². The number of carboxylic acid groups (broad SMARTS) is 1. The van der Waals surface area contributed by atoms with Crippen molar-refractivity contribution in [2.75, 3.05) is 14.2 Å². The van der Waals surface area contributed by atoms with Gasteiger partial charge in [-0.05, 0) is 72.0 Å². The third-order valence-electron chi connectivity index (χ3n) is 7.98. The van der Waals surface area contributed by atoms with Crippen molar-refractivity contribution in [3.63, 3.8) is 0 Å². The number of aryl methyl sites for hydroxylation is 1. The summed E-state index contributed by atoms with van der Waals surface area (Å²) in [5, 5.41) is 9.76. The molecule has 10 heteroatoms. The second kappa shape index (κ2) is 11.0. The summed E-state index contributed by atoms with van der Waals surface area (Å²) in [7, 11) is 3.19. The Hall–Kier alpha value is -4.86. The summed E-state index contributed by atoms with van der Waals surface area (Å²) in [6.07, 6.45) is 3.29. The van der Waals surface area contributed by atoms with E-state index in [9.17, 15) is 14.7 Å². The molecule has 44 heavy (non-hydrogen) atoms. The minimum atomic E-state index is -1.06. The number of halogens is 1. The van der Waals surface area contributed by atoms with Crippen LogP contribution in [0.2, 0.25) is 5.02 Å². The first kappa shape index (κ1) is 27.9. The number of aromatic nitrogens is 1. The van der Waals surface area contributed by atoms with E-state index in [-0.39, 0.29) is 17.2 Å². The molecule has 1 aliphatic carbocycles. The predicted octanol–water partition coefficient (Wildman–Crippen LogP) is 5.95. The van der Waals surface area contributed by atoms with Gasteiger partial charge in [0.15, 0.2) is 16.3 Å². The van der Waals surface area contributed by atoms with Gasteiger partial charge < -0.3 is 19.0 Å². The summed E-state index contributed by atoms with van der Waals surface area (Å²) < 4.78 is 19.3. The number of allylic oxidation sites excluding steroid dienone is 1. The van der Waals surface area contributed by atoms with Crippen molar-refractivity contribution < 1.29 is 23.8 Å². The zero-order chi connectivity index (χ0) is 30.5. The molecule has 0 spiro atoms. The van der Waals surface area contributed by atoms with Crippen LogP contribution in [0.4, 0.5) is 0 Å². The van der Waals surface area contributed by atoms with Gasteiger partial charge in [0.2, 0.25) is 0 Å². The summed E-state index contributed by atoms with van der Waals surface area (Å²) in [5.74, 6) is 0.946. The van der Waals surface area contributed by atoms with Crippen LogP contribution in [0.25, 0.3) is 23.1 Å². The first-order valence-corrected chi connectivity index (χ1v) is 15.0. The number of carbonyl (C=O) groups is 1. The molecule has 0 amide bonds. The summed E-state index contributed by atoms with van der Waals surface area (Å²) in [4.78, 5) is 31.3. The molecule has 220 valence electrons. The number of nitrogens with zero attached hydrogens (tertiary/aromatic N) is 2. The van der Waals surface area contributed by atoms with E-state index in [1.54, 1.807) is 37.0 Å². The monoisotopic (exact) mass is 624 g/mol. The molecule has 1 atom stereocenters. The standard InChI is InChI=1S/C34H25ClN2O6S/c1-41-27-13-9-19(16-28(27)42-2)31-23-11-7-18-5-3-4-6-22(18)30(23)36-34-37(31)32(38)29(44-34)17-21-10-14-26(43-21)24-15-20(33(39)40)8-12-25(24)35/h3-6,8-10,12-17,31H,7,11H2,1-2H3,(H,39,40)/b29-17-/t31-/m1/s1. The van der Waals surface area contributed by atoms with Gasteiger partial charge in [-0.15, -0.1) is 0 Å². The van der Waals surface area contributed by atoms with Crippen LogP contribution in [0.5, 0.6) is 11.5 Å². The number of aromatic carboxylic acids is 1. The topological polar surface area (TPSA) is 103 Å². The maximum Gasteiger partial charge on any atom is 0.335 e. The van der Waals surface area contributed by atoms with Gasteiger partial charge in [0, 0.05) is 17.2 Å². The fraction of sp³-hybridized carbons (Fsp3) is 0.147. The van der Waals surface area contributed by atoms with Gasteiger partial charge in [0.1, 0.15) is 11.5 Å². The number of rotatable bonds is 6. The van der Waals surface area contributed by atoms with Crippen LogP contribution < -0.4 is 24.4 Å². The van der Waals surface area contributed by atoms with E-state index in [1.807, 2.05) is 30.3 Å². The van der Waals surface area contributed by atoms with Crippen LogP contribution in [0.1, 0.15) is 45.3 Å². The Morgan fingerprint density at radius 2 is 1.84 bits per heavy atom. The van der Waals surface area contributed by atoms with Crippen molar-refractivity contribution >= 4 is 40.7 Å². The van der Waals surface area contributed by atoms with Crippen molar-refractivity contribution in [3.8, 4) is 22.8 Å². The van der Waals surface area contributed by atoms with Gasteiger partial charge >= 0.3 is 5.97 Å². The quantitative estimate of drug-likeness (QED) is 0.251. The lowest BCUT2D eigenvalue weighted by Crippen LogP contribution is -2.38. The van der Waals surface area contributed by atoms with Gasteiger partial charge in [0.05, 0.1) is 41.1 Å². The summed E-state index contributed by atoms with van der Waals surface area (Å²) >= 11 is 7.65. The molecule has 1 aliphatic heterocycles. The molecule has 0 unspecified atom stereocenters. The van der Waals surface area contributed by atoms with Crippen LogP contribution in [0.3, 0.4) is 0 Å². The fourth-order valence-corrected chi connectivity index (χ4v) is 7.09. The Morgan fingerprint density at radius 1 is 1.02 bits per heavy atom. The lowest BCUT2D eigenvalue weighted by Gasteiger charge is -2.31. The van der Waals surface area contributed by atoms with Crippen LogP contribution >= 0.6 is 22.9 Å². The zero-order valence-corrected chi connectivity index (χ0v) is 25.2. The summed E-state index contributed by atoms with van der Waals surface area (Å²) in [6, 6.07) is 21.5. The molecule has 8 nitrogen and oxygen atoms in total. The van der Waals surface area contributed by atoms with Gasteiger partial charge in [-0.1, -0.05) is 53.3 Å². The average molecular weight is 625 g/mol. The van der Waals surface area contributed by atoms with Gasteiger partial charge in [0.25, 0.3) is 5.56 Å². The lowest BCUT2D eigenvalue weighted by atomic mass is 9.83. The molecule has 0 saturated carbocycles. The van der Waals surface area contributed by atoms with Crippen LogP contribution in [-0.4, -0.2) is 29.9 Å². The van der Waals surface area contributed by atoms with Crippen LogP contribution in [0, 0.1) is 0 Å². The number of hydrogen-bond donors (Lipinski definition) is 1. The number of furan rings is 1. The van der Waals surface area contributed by atoms with Gasteiger partial charge in [-0.25, -0.2) is 9.79 Å². The van der Waals surface area contributed by atoms with Crippen molar-refractivity contribution in [1.29, 1.82) is 0 Å². The molecule has 5 aromatic rings. The highest BCUT2D eigenvalue weighted by Gasteiger charge is 2.33. The third kappa shape index (κ3) is 4.65. The van der Waals surface area contributed by atoms with E-state index in [2.05, 4.69) is 12.1 Å².